The van der Waals surface area contributed by atoms with Crippen molar-refractivity contribution in [3.63, 3.8) is 0 Å². The molecule has 0 aromatic heterocycles. The highest BCUT2D eigenvalue weighted by Gasteiger charge is 2.14. The first-order valence-corrected chi connectivity index (χ1v) is 5.38. The van der Waals surface area contributed by atoms with Crippen LogP contribution in [0.25, 0.3) is 0 Å². The average Bonchev–Trinajstić information content (AvgIpc) is 2.31. The third-order valence-corrected chi connectivity index (χ3v) is 2.29. The highest BCUT2D eigenvalue weighted by Crippen LogP contribution is 2.09. The van der Waals surface area contributed by atoms with E-state index in [4.69, 9.17) is 0 Å². The van der Waals surface area contributed by atoms with Gasteiger partial charge in [-0.15, -0.1) is 0 Å². The molecule has 0 saturated carbocycles. The van der Waals surface area contributed by atoms with Gasteiger partial charge in [-0.05, 0) is 26.0 Å². The van der Waals surface area contributed by atoms with Gasteiger partial charge in [-0.3, -0.25) is 10.1 Å². The number of aryl methyl sites for hydroxylation is 1. The fourth-order valence-electron chi connectivity index (χ4n) is 1.25. The molecule has 3 N–H and O–H groups in total. The van der Waals surface area contributed by atoms with E-state index in [1.807, 2.05) is 31.2 Å². The standard InChI is InChI=1S/C12H17N3O2/c1-8-4-6-10(7-5-8)14-9(2)11(16)15-12(17)13-3/h4-7,9,14H,1-3H3,(H2,13,15,16,17). The maximum absolute atomic E-state index is 11.5. The van der Waals surface area contributed by atoms with E-state index in [-0.39, 0.29) is 5.91 Å². The zero-order chi connectivity index (χ0) is 12.8. The van der Waals surface area contributed by atoms with E-state index < -0.39 is 12.1 Å². The minimum absolute atomic E-state index is 0.370. The summed E-state index contributed by atoms with van der Waals surface area (Å²) in [6.45, 7) is 3.68. The average molecular weight is 235 g/mol. The second-order valence-electron chi connectivity index (χ2n) is 3.80. The zero-order valence-electron chi connectivity index (χ0n) is 10.2. The number of urea groups is 1. The van der Waals surface area contributed by atoms with Gasteiger partial charge in [0, 0.05) is 12.7 Å². The maximum Gasteiger partial charge on any atom is 0.321 e. The van der Waals surface area contributed by atoms with Gasteiger partial charge in [0.1, 0.15) is 6.04 Å². The lowest BCUT2D eigenvalue weighted by molar-refractivity contribution is -0.120. The third kappa shape index (κ3) is 4.14. The van der Waals surface area contributed by atoms with Gasteiger partial charge in [0.25, 0.3) is 0 Å². The molecule has 5 nitrogen and oxygen atoms in total. The van der Waals surface area contributed by atoms with Crippen molar-refractivity contribution >= 4 is 17.6 Å². The van der Waals surface area contributed by atoms with Crippen LogP contribution in [0.1, 0.15) is 12.5 Å². The van der Waals surface area contributed by atoms with Gasteiger partial charge in [-0.1, -0.05) is 17.7 Å². The van der Waals surface area contributed by atoms with Crippen LogP contribution >= 0.6 is 0 Å². The van der Waals surface area contributed by atoms with Crippen LogP contribution in [0.15, 0.2) is 24.3 Å². The normalized spacial score (nSPS) is 11.5. The van der Waals surface area contributed by atoms with Crippen LogP contribution in [0.4, 0.5) is 10.5 Å². The number of nitrogens with one attached hydrogen (secondary N) is 3. The fourth-order valence-corrected chi connectivity index (χ4v) is 1.25. The van der Waals surface area contributed by atoms with Crippen LogP contribution in [0.5, 0.6) is 0 Å². The largest absolute Gasteiger partial charge is 0.374 e. The van der Waals surface area contributed by atoms with Crippen molar-refractivity contribution < 1.29 is 9.59 Å². The summed E-state index contributed by atoms with van der Waals surface area (Å²) in [6.07, 6.45) is 0. The molecule has 0 aliphatic rings. The van der Waals surface area contributed by atoms with E-state index in [0.29, 0.717) is 0 Å². The number of hydrogen-bond donors (Lipinski definition) is 3. The smallest absolute Gasteiger partial charge is 0.321 e. The molecule has 3 amide bonds. The molecule has 0 spiro atoms. The Hall–Kier alpha value is -2.04. The number of imide groups is 1. The summed E-state index contributed by atoms with van der Waals surface area (Å²) < 4.78 is 0. The number of benzene rings is 1. The van der Waals surface area contributed by atoms with Crippen molar-refractivity contribution in [2.75, 3.05) is 12.4 Å². The van der Waals surface area contributed by atoms with Gasteiger partial charge in [-0.2, -0.15) is 0 Å². The Bertz CT molecular complexity index is 401. The predicted molar refractivity (Wildman–Crippen MR) is 66.9 cm³/mol. The zero-order valence-corrected chi connectivity index (χ0v) is 10.2. The van der Waals surface area contributed by atoms with Crippen LogP contribution in [-0.2, 0) is 4.79 Å². The first-order chi connectivity index (χ1) is 8.02. The molecule has 0 aliphatic carbocycles. The molecular formula is C12H17N3O2. The summed E-state index contributed by atoms with van der Waals surface area (Å²) >= 11 is 0. The van der Waals surface area contributed by atoms with E-state index in [9.17, 15) is 9.59 Å². The molecule has 0 radical (unpaired) electrons. The Morgan fingerprint density at radius 3 is 2.29 bits per heavy atom. The Labute approximate surface area is 101 Å². The van der Waals surface area contributed by atoms with Gasteiger partial charge in [-0.25, -0.2) is 4.79 Å². The van der Waals surface area contributed by atoms with E-state index in [1.54, 1.807) is 6.92 Å². The Morgan fingerprint density at radius 1 is 1.18 bits per heavy atom. The molecule has 1 rings (SSSR count). The monoisotopic (exact) mass is 235 g/mol. The summed E-state index contributed by atoms with van der Waals surface area (Å²) in [5.41, 5.74) is 1.99. The molecule has 1 atom stereocenters. The van der Waals surface area contributed by atoms with Gasteiger partial charge < -0.3 is 10.6 Å². The summed E-state index contributed by atoms with van der Waals surface area (Å²) in [5.74, 6) is -0.370. The highest BCUT2D eigenvalue weighted by atomic mass is 16.2. The van der Waals surface area contributed by atoms with Gasteiger partial charge >= 0.3 is 6.03 Å². The summed E-state index contributed by atoms with van der Waals surface area (Å²) in [7, 11) is 1.46. The van der Waals surface area contributed by atoms with Crippen LogP contribution in [0.3, 0.4) is 0 Å². The van der Waals surface area contributed by atoms with Crippen LogP contribution in [-0.4, -0.2) is 25.0 Å². The Balaban J connectivity index is 2.54. The second-order valence-corrected chi connectivity index (χ2v) is 3.80. The van der Waals surface area contributed by atoms with E-state index in [1.165, 1.54) is 7.05 Å². The van der Waals surface area contributed by atoms with Crippen LogP contribution in [0, 0.1) is 6.92 Å². The van der Waals surface area contributed by atoms with Crippen molar-refractivity contribution in [3.05, 3.63) is 29.8 Å². The van der Waals surface area contributed by atoms with E-state index in [0.717, 1.165) is 11.3 Å². The number of carbonyl (C=O) groups is 2. The van der Waals surface area contributed by atoms with Crippen molar-refractivity contribution in [3.8, 4) is 0 Å². The predicted octanol–water partition coefficient (Wildman–Crippen LogP) is 1.25. The summed E-state index contributed by atoms with van der Waals surface area (Å²) in [6, 6.07) is 6.69. The van der Waals surface area contributed by atoms with Crippen molar-refractivity contribution in [2.45, 2.75) is 19.9 Å². The lowest BCUT2D eigenvalue weighted by atomic mass is 10.2. The van der Waals surface area contributed by atoms with Crippen LogP contribution < -0.4 is 16.0 Å². The van der Waals surface area contributed by atoms with Gasteiger partial charge in [0.05, 0.1) is 0 Å². The SMILES string of the molecule is CNC(=O)NC(=O)C(C)Nc1ccc(C)cc1. The van der Waals surface area contributed by atoms with E-state index >= 15 is 0 Å². The molecule has 0 aliphatic heterocycles. The summed E-state index contributed by atoms with van der Waals surface area (Å²) in [4.78, 5) is 22.5. The molecule has 1 aromatic carbocycles. The molecule has 92 valence electrons. The van der Waals surface area contributed by atoms with Crippen LogP contribution in [0.2, 0.25) is 0 Å². The topological polar surface area (TPSA) is 70.2 Å². The van der Waals surface area contributed by atoms with E-state index in [2.05, 4.69) is 16.0 Å². The molecule has 0 heterocycles. The number of anilines is 1. The third-order valence-electron chi connectivity index (χ3n) is 2.29. The number of hydrogen-bond acceptors (Lipinski definition) is 3. The molecule has 17 heavy (non-hydrogen) atoms. The van der Waals surface area contributed by atoms with Crippen molar-refractivity contribution in [1.29, 1.82) is 0 Å². The maximum atomic E-state index is 11.5. The molecular weight excluding hydrogens is 218 g/mol. The molecule has 1 unspecified atom stereocenters. The molecule has 0 saturated heterocycles. The second kappa shape index (κ2) is 5.89. The lowest BCUT2D eigenvalue weighted by Gasteiger charge is -2.14. The highest BCUT2D eigenvalue weighted by molar-refractivity contribution is 5.97. The number of amides is 3. The quantitative estimate of drug-likeness (QED) is 0.738. The van der Waals surface area contributed by atoms with Crippen molar-refractivity contribution in [1.82, 2.24) is 10.6 Å². The fraction of sp³-hybridized carbons (Fsp3) is 0.333. The Kier molecular flexibility index (Phi) is 4.51. The molecule has 0 bridgehead atoms. The number of carbonyl (C=O) groups excluding carboxylic acids is 2. The van der Waals surface area contributed by atoms with Gasteiger partial charge in [0.15, 0.2) is 0 Å². The van der Waals surface area contributed by atoms with Gasteiger partial charge in [0.2, 0.25) is 5.91 Å². The molecule has 1 aromatic rings. The first-order valence-electron chi connectivity index (χ1n) is 5.38. The Morgan fingerprint density at radius 2 is 1.76 bits per heavy atom. The lowest BCUT2D eigenvalue weighted by Crippen LogP contribution is -2.44. The minimum atomic E-state index is -0.507. The molecule has 0 fully saturated rings. The summed E-state index contributed by atoms with van der Waals surface area (Å²) in [5, 5.41) is 7.54. The molecule has 5 heteroatoms. The minimum Gasteiger partial charge on any atom is -0.374 e. The number of rotatable bonds is 3. The van der Waals surface area contributed by atoms with Crippen molar-refractivity contribution in [2.24, 2.45) is 0 Å². The first kappa shape index (κ1) is 13.0.